The van der Waals surface area contributed by atoms with Gasteiger partial charge in [0.15, 0.2) is 0 Å². The molecular formula is C13H11N3O2. The summed E-state index contributed by atoms with van der Waals surface area (Å²) >= 11 is 0. The Kier molecular flexibility index (Phi) is 2.19. The second kappa shape index (κ2) is 3.73. The summed E-state index contributed by atoms with van der Waals surface area (Å²) in [6, 6.07) is 7.41. The number of carbonyl (C=O) groups is 2. The summed E-state index contributed by atoms with van der Waals surface area (Å²) in [6.07, 6.45) is 3.61. The van der Waals surface area contributed by atoms with Crippen LogP contribution in [-0.4, -0.2) is 16.5 Å². The Morgan fingerprint density at radius 1 is 1.17 bits per heavy atom. The maximum Gasteiger partial charge on any atom is 0.326 e. The number of imide groups is 1. The Balaban J connectivity index is 2.13. The van der Waals surface area contributed by atoms with Gasteiger partial charge in [-0.25, -0.2) is 4.79 Å². The number of nitrogens with one attached hydrogen (secondary N) is 2. The van der Waals surface area contributed by atoms with Crippen LogP contribution in [0.1, 0.15) is 5.56 Å². The molecule has 1 aromatic carbocycles. The van der Waals surface area contributed by atoms with Crippen LogP contribution in [0.25, 0.3) is 17.0 Å². The molecule has 1 aromatic heterocycles. The number of hydrogen-bond acceptors (Lipinski definition) is 2. The van der Waals surface area contributed by atoms with Gasteiger partial charge in [0.05, 0.1) is 0 Å². The minimum absolute atomic E-state index is 0.274. The van der Waals surface area contributed by atoms with E-state index in [9.17, 15) is 9.59 Å². The minimum atomic E-state index is -0.480. The van der Waals surface area contributed by atoms with Crippen LogP contribution in [0.3, 0.4) is 0 Å². The first-order valence-corrected chi connectivity index (χ1v) is 5.53. The second-order valence-corrected chi connectivity index (χ2v) is 4.18. The van der Waals surface area contributed by atoms with Gasteiger partial charge in [-0.15, -0.1) is 0 Å². The molecule has 0 unspecified atom stereocenters. The molecular weight excluding hydrogens is 230 g/mol. The lowest BCUT2D eigenvalue weighted by Crippen LogP contribution is -2.22. The van der Waals surface area contributed by atoms with Crippen LogP contribution in [-0.2, 0) is 11.8 Å². The summed E-state index contributed by atoms with van der Waals surface area (Å²) < 4.78 is 1.98. The summed E-state index contributed by atoms with van der Waals surface area (Å²) in [5.74, 6) is -0.395. The van der Waals surface area contributed by atoms with E-state index < -0.39 is 11.9 Å². The summed E-state index contributed by atoms with van der Waals surface area (Å²) in [5, 5.41) is 5.70. The molecule has 0 saturated carbocycles. The monoisotopic (exact) mass is 241 g/mol. The maximum absolute atomic E-state index is 11.5. The number of nitrogens with zero attached hydrogens (tertiary/aromatic N) is 1. The number of carbonyl (C=O) groups excluding carboxylic acids is 2. The van der Waals surface area contributed by atoms with E-state index in [0.29, 0.717) is 0 Å². The Morgan fingerprint density at radius 3 is 2.67 bits per heavy atom. The molecule has 3 amide bonds. The van der Waals surface area contributed by atoms with E-state index in [2.05, 4.69) is 10.6 Å². The third-order valence-electron chi connectivity index (χ3n) is 2.95. The fraction of sp³-hybridized carbons (Fsp3) is 0.0769. The number of aryl methyl sites for hydroxylation is 1. The molecule has 0 radical (unpaired) electrons. The van der Waals surface area contributed by atoms with Gasteiger partial charge in [0.1, 0.15) is 5.70 Å². The number of urea groups is 1. The molecule has 1 aliphatic heterocycles. The van der Waals surface area contributed by atoms with Gasteiger partial charge in [0.2, 0.25) is 0 Å². The quantitative estimate of drug-likeness (QED) is 0.585. The molecule has 5 heteroatoms. The topological polar surface area (TPSA) is 63.1 Å². The summed E-state index contributed by atoms with van der Waals surface area (Å²) in [7, 11) is 1.94. The molecule has 1 fully saturated rings. The molecule has 0 atom stereocenters. The van der Waals surface area contributed by atoms with Gasteiger partial charge in [-0.3, -0.25) is 10.1 Å². The molecule has 2 heterocycles. The fourth-order valence-corrected chi connectivity index (χ4v) is 2.13. The molecule has 1 aliphatic rings. The lowest BCUT2D eigenvalue weighted by molar-refractivity contribution is -0.115. The van der Waals surface area contributed by atoms with Crippen molar-refractivity contribution in [3.05, 3.63) is 41.7 Å². The first-order chi connectivity index (χ1) is 8.65. The van der Waals surface area contributed by atoms with E-state index in [-0.39, 0.29) is 5.70 Å². The first-order valence-electron chi connectivity index (χ1n) is 5.53. The van der Waals surface area contributed by atoms with Crippen LogP contribution >= 0.6 is 0 Å². The zero-order chi connectivity index (χ0) is 12.7. The van der Waals surface area contributed by atoms with Gasteiger partial charge in [0.25, 0.3) is 5.91 Å². The van der Waals surface area contributed by atoms with Gasteiger partial charge >= 0.3 is 6.03 Å². The average molecular weight is 241 g/mol. The highest BCUT2D eigenvalue weighted by Gasteiger charge is 2.23. The van der Waals surface area contributed by atoms with Crippen LogP contribution in [0, 0.1) is 0 Å². The zero-order valence-electron chi connectivity index (χ0n) is 9.73. The largest absolute Gasteiger partial charge is 0.350 e. The minimum Gasteiger partial charge on any atom is -0.350 e. The molecule has 90 valence electrons. The number of fused-ring (bicyclic) bond motifs is 1. The normalized spacial score (nSPS) is 17.3. The molecule has 5 nitrogen and oxygen atoms in total. The van der Waals surface area contributed by atoms with Crippen molar-refractivity contribution < 1.29 is 9.59 Å². The van der Waals surface area contributed by atoms with Crippen molar-refractivity contribution in [2.45, 2.75) is 0 Å². The van der Waals surface area contributed by atoms with E-state index in [0.717, 1.165) is 16.5 Å². The number of hydrogen-bond donors (Lipinski definition) is 2. The van der Waals surface area contributed by atoms with Crippen molar-refractivity contribution in [1.29, 1.82) is 0 Å². The highest BCUT2D eigenvalue weighted by molar-refractivity contribution is 6.14. The van der Waals surface area contributed by atoms with E-state index in [4.69, 9.17) is 0 Å². The first kappa shape index (κ1) is 10.6. The van der Waals surface area contributed by atoms with E-state index in [1.165, 1.54) is 0 Å². The smallest absolute Gasteiger partial charge is 0.326 e. The molecule has 2 aromatic rings. The highest BCUT2D eigenvalue weighted by Crippen LogP contribution is 2.22. The van der Waals surface area contributed by atoms with Crippen LogP contribution < -0.4 is 10.6 Å². The Labute approximate surface area is 103 Å². The van der Waals surface area contributed by atoms with Gasteiger partial charge in [-0.05, 0) is 12.1 Å². The molecule has 1 saturated heterocycles. The van der Waals surface area contributed by atoms with Crippen LogP contribution in [0.4, 0.5) is 4.79 Å². The van der Waals surface area contributed by atoms with Crippen molar-refractivity contribution in [3.63, 3.8) is 0 Å². The summed E-state index contributed by atoms with van der Waals surface area (Å²) in [5.41, 5.74) is 2.26. The Hall–Kier alpha value is -2.56. The number of amides is 3. The van der Waals surface area contributed by atoms with Crippen molar-refractivity contribution >= 4 is 28.9 Å². The second-order valence-electron chi connectivity index (χ2n) is 4.18. The molecule has 0 aliphatic carbocycles. The van der Waals surface area contributed by atoms with Gasteiger partial charge in [-0.2, -0.15) is 0 Å². The predicted molar refractivity (Wildman–Crippen MR) is 67.6 cm³/mol. The fourth-order valence-electron chi connectivity index (χ4n) is 2.13. The lowest BCUT2D eigenvalue weighted by atomic mass is 10.1. The molecule has 0 bridgehead atoms. The maximum atomic E-state index is 11.5. The molecule has 18 heavy (non-hydrogen) atoms. The van der Waals surface area contributed by atoms with Gasteiger partial charge in [0, 0.05) is 29.7 Å². The lowest BCUT2D eigenvalue weighted by Gasteiger charge is -1.94. The van der Waals surface area contributed by atoms with Crippen LogP contribution in [0.5, 0.6) is 0 Å². The van der Waals surface area contributed by atoms with E-state index in [1.807, 2.05) is 42.1 Å². The number of benzene rings is 1. The van der Waals surface area contributed by atoms with Crippen molar-refractivity contribution in [2.24, 2.45) is 7.05 Å². The zero-order valence-corrected chi connectivity index (χ0v) is 9.73. The highest BCUT2D eigenvalue weighted by atomic mass is 16.2. The molecule has 3 rings (SSSR count). The predicted octanol–water partition coefficient (Wildman–Crippen LogP) is 1.36. The van der Waals surface area contributed by atoms with Crippen molar-refractivity contribution in [3.8, 4) is 0 Å². The van der Waals surface area contributed by atoms with Gasteiger partial charge in [-0.1, -0.05) is 18.2 Å². The van der Waals surface area contributed by atoms with Crippen LogP contribution in [0.2, 0.25) is 0 Å². The number of aromatic nitrogens is 1. The third-order valence-corrected chi connectivity index (χ3v) is 2.95. The molecule has 0 spiro atoms. The van der Waals surface area contributed by atoms with E-state index >= 15 is 0 Å². The standard InChI is InChI=1S/C13H11N3O2/c1-16-7-8(9-4-2-3-5-11(9)16)6-10-12(17)15-13(18)14-10/h2-7H,1H3,(H2,14,15,17,18). The summed E-state index contributed by atoms with van der Waals surface area (Å²) in [4.78, 5) is 22.5. The Bertz CT molecular complexity index is 697. The summed E-state index contributed by atoms with van der Waals surface area (Å²) in [6.45, 7) is 0. The number of para-hydroxylation sites is 1. The van der Waals surface area contributed by atoms with E-state index in [1.54, 1.807) is 6.08 Å². The Morgan fingerprint density at radius 2 is 1.94 bits per heavy atom. The third kappa shape index (κ3) is 1.57. The van der Waals surface area contributed by atoms with Crippen molar-refractivity contribution in [1.82, 2.24) is 15.2 Å². The van der Waals surface area contributed by atoms with Crippen LogP contribution in [0.15, 0.2) is 36.2 Å². The van der Waals surface area contributed by atoms with Crippen molar-refractivity contribution in [2.75, 3.05) is 0 Å². The SMILES string of the molecule is Cn1cc(C=C2NC(=O)NC2=O)c2ccccc21. The average Bonchev–Trinajstić information content (AvgIpc) is 2.82. The molecule has 2 N–H and O–H groups in total. The number of rotatable bonds is 1. The van der Waals surface area contributed by atoms with Gasteiger partial charge < -0.3 is 9.88 Å².